The Bertz CT molecular complexity index is 923. The normalized spacial score (nSPS) is 17.8. The highest BCUT2D eigenvalue weighted by atomic mass is 32.1. The molecule has 1 N–H and O–H groups in total. The molecule has 1 atom stereocenters. The Morgan fingerprint density at radius 1 is 1.28 bits per heavy atom. The average molecular weight is 353 g/mol. The van der Waals surface area contributed by atoms with Gasteiger partial charge in [0, 0.05) is 18.0 Å². The predicted octanol–water partition coefficient (Wildman–Crippen LogP) is 3.97. The van der Waals surface area contributed by atoms with Gasteiger partial charge in [0.15, 0.2) is 0 Å². The number of anilines is 1. The Hall–Kier alpha value is -2.47. The van der Waals surface area contributed by atoms with Gasteiger partial charge in [-0.25, -0.2) is 9.97 Å². The van der Waals surface area contributed by atoms with Crippen molar-refractivity contribution in [1.82, 2.24) is 9.97 Å². The number of aliphatic carboxylic acids is 1. The number of carbonyl (C=O) groups is 1. The van der Waals surface area contributed by atoms with Crippen LogP contribution in [0.1, 0.15) is 18.7 Å². The van der Waals surface area contributed by atoms with Crippen molar-refractivity contribution in [3.8, 4) is 10.4 Å². The Kier molecular flexibility index (Phi) is 4.13. The van der Waals surface area contributed by atoms with Crippen LogP contribution < -0.4 is 4.90 Å². The molecule has 0 radical (unpaired) electrons. The molecule has 25 heavy (non-hydrogen) atoms. The molecule has 5 nitrogen and oxygen atoms in total. The highest BCUT2D eigenvalue weighted by Gasteiger charge is 2.27. The first kappa shape index (κ1) is 16.0. The number of thiophene rings is 1. The molecule has 1 aliphatic rings. The molecule has 0 unspecified atom stereocenters. The lowest BCUT2D eigenvalue weighted by atomic mass is 9.98. The number of carboxylic acid groups (broad SMARTS) is 1. The fourth-order valence-electron chi connectivity index (χ4n) is 3.37. The SMILES string of the molecule is Cc1nc(N2CCC[C@@H](C(=O)O)C2)c2cc(-c3ccccc3)sc2n1. The van der Waals surface area contributed by atoms with Gasteiger partial charge in [-0.15, -0.1) is 11.3 Å². The van der Waals surface area contributed by atoms with E-state index < -0.39 is 5.97 Å². The third-order valence-corrected chi connectivity index (χ3v) is 5.69. The molecule has 3 heterocycles. The number of benzene rings is 1. The van der Waals surface area contributed by atoms with Gasteiger partial charge in [-0.3, -0.25) is 4.79 Å². The summed E-state index contributed by atoms with van der Waals surface area (Å²) in [5.41, 5.74) is 1.16. The van der Waals surface area contributed by atoms with Gasteiger partial charge >= 0.3 is 5.97 Å². The fourth-order valence-corrected chi connectivity index (χ4v) is 4.44. The Morgan fingerprint density at radius 2 is 2.08 bits per heavy atom. The van der Waals surface area contributed by atoms with E-state index >= 15 is 0 Å². The van der Waals surface area contributed by atoms with Crippen molar-refractivity contribution in [1.29, 1.82) is 0 Å². The number of piperidine rings is 1. The van der Waals surface area contributed by atoms with E-state index in [-0.39, 0.29) is 5.92 Å². The second kappa shape index (κ2) is 6.44. The average Bonchev–Trinajstić information content (AvgIpc) is 3.05. The van der Waals surface area contributed by atoms with Crippen LogP contribution in [0.25, 0.3) is 20.7 Å². The zero-order valence-corrected chi connectivity index (χ0v) is 14.8. The van der Waals surface area contributed by atoms with Crippen molar-refractivity contribution in [3.63, 3.8) is 0 Å². The lowest BCUT2D eigenvalue weighted by molar-refractivity contribution is -0.141. The molecule has 1 saturated heterocycles. The van der Waals surface area contributed by atoms with Crippen LogP contribution in [0, 0.1) is 12.8 Å². The Labute approximate surface area is 150 Å². The van der Waals surface area contributed by atoms with Crippen LogP contribution in [0.5, 0.6) is 0 Å². The van der Waals surface area contributed by atoms with E-state index in [0.717, 1.165) is 51.7 Å². The molecule has 128 valence electrons. The van der Waals surface area contributed by atoms with Crippen molar-refractivity contribution in [2.75, 3.05) is 18.0 Å². The minimum absolute atomic E-state index is 0.327. The van der Waals surface area contributed by atoms with Crippen LogP contribution in [0.3, 0.4) is 0 Å². The Balaban J connectivity index is 1.78. The van der Waals surface area contributed by atoms with E-state index in [9.17, 15) is 9.90 Å². The van der Waals surface area contributed by atoms with E-state index in [2.05, 4.69) is 33.1 Å². The van der Waals surface area contributed by atoms with Crippen LogP contribution >= 0.6 is 11.3 Å². The maximum absolute atomic E-state index is 11.4. The first-order chi connectivity index (χ1) is 12.1. The van der Waals surface area contributed by atoms with E-state index in [0.29, 0.717) is 6.54 Å². The number of nitrogens with zero attached hydrogens (tertiary/aromatic N) is 3. The number of fused-ring (bicyclic) bond motifs is 1. The van der Waals surface area contributed by atoms with Crippen LogP contribution in [0.2, 0.25) is 0 Å². The maximum Gasteiger partial charge on any atom is 0.308 e. The van der Waals surface area contributed by atoms with Gasteiger partial charge in [-0.2, -0.15) is 0 Å². The smallest absolute Gasteiger partial charge is 0.308 e. The standard InChI is InChI=1S/C19H19N3O2S/c1-12-20-17(22-9-5-8-14(11-22)19(23)24)15-10-16(25-18(15)21-12)13-6-3-2-4-7-13/h2-4,6-7,10,14H,5,8-9,11H2,1H3,(H,23,24)/t14-/m1/s1. The molecule has 6 heteroatoms. The van der Waals surface area contributed by atoms with Crippen LogP contribution in [0.4, 0.5) is 5.82 Å². The van der Waals surface area contributed by atoms with E-state index in [4.69, 9.17) is 0 Å². The quantitative estimate of drug-likeness (QED) is 0.772. The zero-order valence-electron chi connectivity index (χ0n) is 14.0. The van der Waals surface area contributed by atoms with Gasteiger partial charge in [0.1, 0.15) is 16.5 Å². The topological polar surface area (TPSA) is 66.3 Å². The number of carboxylic acids is 1. The number of aryl methyl sites for hydroxylation is 1. The fraction of sp³-hybridized carbons (Fsp3) is 0.316. The molecule has 1 fully saturated rings. The summed E-state index contributed by atoms with van der Waals surface area (Å²) in [5.74, 6) is 0.543. The summed E-state index contributed by atoms with van der Waals surface area (Å²) in [7, 11) is 0. The molecule has 1 aliphatic heterocycles. The molecule has 4 rings (SSSR count). The van der Waals surface area contributed by atoms with E-state index in [1.165, 1.54) is 0 Å². The van der Waals surface area contributed by atoms with Gasteiger partial charge in [-0.1, -0.05) is 30.3 Å². The third kappa shape index (κ3) is 3.09. The molecule has 0 saturated carbocycles. The summed E-state index contributed by atoms with van der Waals surface area (Å²) in [4.78, 5) is 24.9. The molecule has 1 aromatic carbocycles. The molecule has 0 bridgehead atoms. The summed E-state index contributed by atoms with van der Waals surface area (Å²) in [6, 6.07) is 12.4. The van der Waals surface area contributed by atoms with E-state index in [1.54, 1.807) is 11.3 Å². The van der Waals surface area contributed by atoms with Crippen molar-refractivity contribution in [2.45, 2.75) is 19.8 Å². The van der Waals surface area contributed by atoms with Crippen LogP contribution in [-0.4, -0.2) is 34.1 Å². The van der Waals surface area contributed by atoms with Gasteiger partial charge in [0.2, 0.25) is 0 Å². The first-order valence-corrected chi connectivity index (χ1v) is 9.25. The lowest BCUT2D eigenvalue weighted by Crippen LogP contribution is -2.39. The molecular weight excluding hydrogens is 334 g/mol. The maximum atomic E-state index is 11.4. The molecule has 0 aliphatic carbocycles. The lowest BCUT2D eigenvalue weighted by Gasteiger charge is -2.32. The summed E-state index contributed by atoms with van der Waals surface area (Å²) < 4.78 is 0. The number of aromatic nitrogens is 2. The van der Waals surface area contributed by atoms with Gasteiger partial charge in [0.25, 0.3) is 0 Å². The van der Waals surface area contributed by atoms with Crippen molar-refractivity contribution >= 4 is 33.3 Å². The summed E-state index contributed by atoms with van der Waals surface area (Å²) in [6.07, 6.45) is 1.61. The third-order valence-electron chi connectivity index (χ3n) is 4.61. The number of rotatable bonds is 3. The van der Waals surface area contributed by atoms with Crippen LogP contribution in [0.15, 0.2) is 36.4 Å². The number of hydrogen-bond donors (Lipinski definition) is 1. The molecule has 2 aromatic heterocycles. The summed E-state index contributed by atoms with van der Waals surface area (Å²) in [5, 5.41) is 10.4. The van der Waals surface area contributed by atoms with Crippen molar-refractivity contribution in [3.05, 3.63) is 42.2 Å². The van der Waals surface area contributed by atoms with E-state index in [1.807, 2.05) is 25.1 Å². The second-order valence-electron chi connectivity index (χ2n) is 6.41. The Morgan fingerprint density at radius 3 is 2.84 bits per heavy atom. The highest BCUT2D eigenvalue weighted by molar-refractivity contribution is 7.21. The van der Waals surface area contributed by atoms with Gasteiger partial charge < -0.3 is 10.0 Å². The highest BCUT2D eigenvalue weighted by Crippen LogP contribution is 2.37. The van der Waals surface area contributed by atoms with Gasteiger partial charge in [0.05, 0.1) is 11.3 Å². The first-order valence-electron chi connectivity index (χ1n) is 8.43. The minimum atomic E-state index is -0.720. The van der Waals surface area contributed by atoms with Crippen molar-refractivity contribution in [2.24, 2.45) is 5.92 Å². The summed E-state index contributed by atoms with van der Waals surface area (Å²) >= 11 is 1.66. The second-order valence-corrected chi connectivity index (χ2v) is 7.44. The van der Waals surface area contributed by atoms with Crippen molar-refractivity contribution < 1.29 is 9.90 Å². The molecule has 3 aromatic rings. The predicted molar refractivity (Wildman–Crippen MR) is 100 cm³/mol. The molecule has 0 amide bonds. The largest absolute Gasteiger partial charge is 0.481 e. The summed E-state index contributed by atoms with van der Waals surface area (Å²) in [6.45, 7) is 3.24. The molecular formula is C19H19N3O2S. The minimum Gasteiger partial charge on any atom is -0.481 e. The number of hydrogen-bond acceptors (Lipinski definition) is 5. The van der Waals surface area contributed by atoms with Gasteiger partial charge in [-0.05, 0) is 31.4 Å². The monoisotopic (exact) mass is 353 g/mol. The molecule has 0 spiro atoms. The zero-order chi connectivity index (χ0) is 17.4. The van der Waals surface area contributed by atoms with Crippen LogP contribution in [-0.2, 0) is 4.79 Å².